The van der Waals surface area contributed by atoms with Crippen LogP contribution in [0.5, 0.6) is 0 Å². The third-order valence-corrected chi connectivity index (χ3v) is 1.56. The molecule has 1 aliphatic rings. The van der Waals surface area contributed by atoms with Gasteiger partial charge in [0.05, 0.1) is 12.7 Å². The highest BCUT2D eigenvalue weighted by Gasteiger charge is 2.15. The number of hydrogen-bond acceptors (Lipinski definition) is 2. The Hall–Kier alpha value is -1.12. The van der Waals surface area contributed by atoms with Crippen LogP contribution in [0, 0.1) is 0 Å². The van der Waals surface area contributed by atoms with Gasteiger partial charge in [0, 0.05) is 6.42 Å². The molecule has 0 amide bonds. The van der Waals surface area contributed by atoms with Gasteiger partial charge in [-0.3, -0.25) is 4.79 Å². The van der Waals surface area contributed by atoms with Gasteiger partial charge in [0.25, 0.3) is 0 Å². The predicted molar refractivity (Wildman–Crippen MR) is 38.8 cm³/mol. The first-order valence-corrected chi connectivity index (χ1v) is 3.32. The van der Waals surface area contributed by atoms with Crippen LogP contribution in [0.15, 0.2) is 23.5 Å². The van der Waals surface area contributed by atoms with E-state index in [1.165, 1.54) is 19.3 Å². The van der Waals surface area contributed by atoms with E-state index in [1.807, 2.05) is 0 Å². The van der Waals surface area contributed by atoms with Gasteiger partial charge in [0.2, 0.25) is 0 Å². The van der Waals surface area contributed by atoms with Crippen molar-refractivity contribution in [1.82, 2.24) is 0 Å². The van der Waals surface area contributed by atoms with Crippen molar-refractivity contribution in [3.05, 3.63) is 23.5 Å². The molecule has 60 valence electrons. The number of halogens is 1. The van der Waals surface area contributed by atoms with Crippen LogP contribution >= 0.6 is 0 Å². The molecular weight excluding hydrogens is 147 g/mol. The van der Waals surface area contributed by atoms with Crippen LogP contribution in [0.1, 0.15) is 6.42 Å². The molecule has 0 N–H and O–H groups in total. The fourth-order valence-electron chi connectivity index (χ4n) is 0.970. The minimum absolute atomic E-state index is 0.168. The van der Waals surface area contributed by atoms with Crippen LogP contribution in [0.4, 0.5) is 4.39 Å². The van der Waals surface area contributed by atoms with Crippen LogP contribution in [0.2, 0.25) is 0 Å². The van der Waals surface area contributed by atoms with Gasteiger partial charge >= 0.3 is 0 Å². The second-order valence-electron chi connectivity index (χ2n) is 2.28. The van der Waals surface area contributed by atoms with Crippen molar-refractivity contribution in [1.29, 1.82) is 0 Å². The maximum atomic E-state index is 12.6. The van der Waals surface area contributed by atoms with E-state index in [0.29, 0.717) is 17.6 Å². The second kappa shape index (κ2) is 3.32. The van der Waals surface area contributed by atoms with E-state index < -0.39 is 6.17 Å². The average Bonchev–Trinajstić information content (AvgIpc) is 2.04. The molecule has 0 bridgehead atoms. The molecule has 0 spiro atoms. The van der Waals surface area contributed by atoms with E-state index >= 15 is 0 Å². The average molecular weight is 156 g/mol. The first-order chi connectivity index (χ1) is 5.27. The van der Waals surface area contributed by atoms with Gasteiger partial charge in [0.15, 0.2) is 6.29 Å². The summed E-state index contributed by atoms with van der Waals surface area (Å²) >= 11 is 0. The molecule has 0 aliphatic heterocycles. The lowest BCUT2D eigenvalue weighted by Gasteiger charge is -2.13. The van der Waals surface area contributed by atoms with Gasteiger partial charge in [0.1, 0.15) is 11.9 Å². The number of allylic oxidation sites excluding steroid dienone is 4. The molecule has 0 saturated heterocycles. The topological polar surface area (TPSA) is 26.3 Å². The SMILES string of the molecule is COC1=C(C=O)C=CC(F)C1. The van der Waals surface area contributed by atoms with Crippen molar-refractivity contribution in [2.45, 2.75) is 12.6 Å². The van der Waals surface area contributed by atoms with Crippen molar-refractivity contribution in [2.24, 2.45) is 0 Å². The summed E-state index contributed by atoms with van der Waals surface area (Å²) in [5.74, 6) is 0.426. The number of carbonyl (C=O) groups excluding carboxylic acids is 1. The lowest BCUT2D eigenvalue weighted by atomic mass is 10.1. The standard InChI is InChI=1S/C8H9FO2/c1-11-8-4-7(9)3-2-6(8)5-10/h2-3,5,7H,4H2,1H3. The first-order valence-electron chi connectivity index (χ1n) is 3.32. The van der Waals surface area contributed by atoms with E-state index in [1.54, 1.807) is 0 Å². The number of rotatable bonds is 2. The van der Waals surface area contributed by atoms with E-state index in [9.17, 15) is 9.18 Å². The van der Waals surface area contributed by atoms with Crippen LogP contribution in [0.3, 0.4) is 0 Å². The zero-order valence-electron chi connectivity index (χ0n) is 6.21. The van der Waals surface area contributed by atoms with Crippen molar-refractivity contribution >= 4 is 6.29 Å². The molecular formula is C8H9FO2. The van der Waals surface area contributed by atoms with Crippen LogP contribution in [0.25, 0.3) is 0 Å². The summed E-state index contributed by atoms with van der Waals surface area (Å²) in [6.45, 7) is 0. The minimum Gasteiger partial charge on any atom is -0.500 e. The minimum atomic E-state index is -1.02. The molecule has 0 radical (unpaired) electrons. The van der Waals surface area contributed by atoms with Crippen LogP contribution in [-0.2, 0) is 9.53 Å². The van der Waals surface area contributed by atoms with Gasteiger partial charge < -0.3 is 4.74 Å². The monoisotopic (exact) mass is 156 g/mol. The number of alkyl halides is 1. The van der Waals surface area contributed by atoms with E-state index in [4.69, 9.17) is 4.74 Å². The normalized spacial score (nSPS) is 23.6. The molecule has 0 heterocycles. The van der Waals surface area contributed by atoms with Gasteiger partial charge in [-0.25, -0.2) is 4.39 Å². The second-order valence-corrected chi connectivity index (χ2v) is 2.28. The highest BCUT2D eigenvalue weighted by Crippen LogP contribution is 2.20. The Morgan fingerprint density at radius 3 is 3.09 bits per heavy atom. The maximum Gasteiger partial charge on any atom is 0.153 e. The third-order valence-electron chi connectivity index (χ3n) is 1.56. The smallest absolute Gasteiger partial charge is 0.153 e. The molecule has 1 rings (SSSR count). The van der Waals surface area contributed by atoms with E-state index in [0.717, 1.165) is 0 Å². The van der Waals surface area contributed by atoms with Gasteiger partial charge in [-0.15, -0.1) is 0 Å². The van der Waals surface area contributed by atoms with Crippen molar-refractivity contribution in [3.63, 3.8) is 0 Å². The molecule has 3 heteroatoms. The molecule has 0 aromatic carbocycles. The Kier molecular flexibility index (Phi) is 2.41. The Morgan fingerprint density at radius 1 is 1.82 bits per heavy atom. The fourth-order valence-corrected chi connectivity index (χ4v) is 0.970. The number of hydrogen-bond donors (Lipinski definition) is 0. The number of carbonyl (C=O) groups is 1. The summed E-state index contributed by atoms with van der Waals surface area (Å²) in [6, 6.07) is 0. The number of ether oxygens (including phenoxy) is 1. The zero-order valence-corrected chi connectivity index (χ0v) is 6.21. The Morgan fingerprint density at radius 2 is 2.55 bits per heavy atom. The Balaban J connectivity index is 2.85. The molecule has 1 unspecified atom stereocenters. The molecule has 2 nitrogen and oxygen atoms in total. The Bertz CT molecular complexity index is 218. The van der Waals surface area contributed by atoms with E-state index in [2.05, 4.69) is 0 Å². The molecule has 0 fully saturated rings. The molecule has 0 aromatic heterocycles. The molecule has 1 aliphatic carbocycles. The number of methoxy groups -OCH3 is 1. The summed E-state index contributed by atoms with van der Waals surface area (Å²) in [7, 11) is 1.44. The van der Waals surface area contributed by atoms with Crippen LogP contribution < -0.4 is 0 Å². The maximum absolute atomic E-state index is 12.6. The summed E-state index contributed by atoms with van der Waals surface area (Å²) in [4.78, 5) is 10.3. The summed E-state index contributed by atoms with van der Waals surface area (Å²) in [5, 5.41) is 0. The van der Waals surface area contributed by atoms with Gasteiger partial charge in [-0.05, 0) is 12.2 Å². The number of aldehydes is 1. The van der Waals surface area contributed by atoms with Crippen molar-refractivity contribution < 1.29 is 13.9 Å². The van der Waals surface area contributed by atoms with Crippen molar-refractivity contribution in [2.75, 3.05) is 7.11 Å². The summed E-state index contributed by atoms with van der Waals surface area (Å²) in [5.41, 5.74) is 0.432. The van der Waals surface area contributed by atoms with Gasteiger partial charge in [-0.2, -0.15) is 0 Å². The predicted octanol–water partition coefficient (Wildman–Crippen LogP) is 1.38. The van der Waals surface area contributed by atoms with Crippen molar-refractivity contribution in [3.8, 4) is 0 Å². The summed E-state index contributed by atoms with van der Waals surface area (Å²) in [6.07, 6.45) is 2.61. The lowest BCUT2D eigenvalue weighted by Crippen LogP contribution is -2.07. The fraction of sp³-hybridized carbons (Fsp3) is 0.375. The van der Waals surface area contributed by atoms with Gasteiger partial charge in [-0.1, -0.05) is 0 Å². The molecule has 1 atom stereocenters. The highest BCUT2D eigenvalue weighted by atomic mass is 19.1. The largest absolute Gasteiger partial charge is 0.500 e. The zero-order chi connectivity index (χ0) is 8.27. The third kappa shape index (κ3) is 1.67. The Labute approximate surface area is 64.3 Å². The van der Waals surface area contributed by atoms with E-state index in [-0.39, 0.29) is 6.42 Å². The highest BCUT2D eigenvalue weighted by molar-refractivity contribution is 5.78. The quantitative estimate of drug-likeness (QED) is 0.564. The first kappa shape index (κ1) is 7.98. The molecule has 0 aromatic rings. The van der Waals surface area contributed by atoms with Crippen LogP contribution in [-0.4, -0.2) is 19.6 Å². The lowest BCUT2D eigenvalue weighted by molar-refractivity contribution is -0.104. The molecule has 11 heavy (non-hydrogen) atoms. The molecule has 0 saturated carbocycles. The summed E-state index contributed by atoms with van der Waals surface area (Å²) < 4.78 is 17.4.